The van der Waals surface area contributed by atoms with E-state index in [4.69, 9.17) is 4.74 Å². The fourth-order valence-electron chi connectivity index (χ4n) is 2.93. The van der Waals surface area contributed by atoms with Crippen LogP contribution in [0.15, 0.2) is 0 Å². The van der Waals surface area contributed by atoms with Gasteiger partial charge in [-0.2, -0.15) is 0 Å². The molecule has 1 unspecified atom stereocenters. The Bertz CT molecular complexity index is 461. The average molecular weight is 370 g/mol. The standard InChI is InChI=1S/C14H27N3O4S.ClH/c1-2-9-22(19,20)17-6-3-12(4-7-17)16-14(18)10-13-11-21-8-5-15-13;/h12-13,15H,2-11H2,1H3,(H,16,18);1H. The molecule has 0 spiro atoms. The minimum Gasteiger partial charge on any atom is -0.378 e. The van der Waals surface area contributed by atoms with Gasteiger partial charge < -0.3 is 15.4 Å². The molecule has 2 aliphatic heterocycles. The molecular formula is C14H28ClN3O4S. The summed E-state index contributed by atoms with van der Waals surface area (Å²) in [5.41, 5.74) is 0. The Morgan fingerprint density at radius 1 is 1.35 bits per heavy atom. The van der Waals surface area contributed by atoms with Crippen LogP contribution in [0.1, 0.15) is 32.6 Å². The Kier molecular flexibility index (Phi) is 8.78. The predicted molar refractivity (Wildman–Crippen MR) is 91.3 cm³/mol. The Morgan fingerprint density at radius 2 is 2.04 bits per heavy atom. The molecule has 0 radical (unpaired) electrons. The van der Waals surface area contributed by atoms with Gasteiger partial charge in [-0.15, -0.1) is 12.4 Å². The van der Waals surface area contributed by atoms with Crippen LogP contribution in [0.3, 0.4) is 0 Å². The number of piperidine rings is 1. The van der Waals surface area contributed by atoms with E-state index in [9.17, 15) is 13.2 Å². The first-order chi connectivity index (χ1) is 10.5. The van der Waals surface area contributed by atoms with Crippen LogP contribution in [0.2, 0.25) is 0 Å². The molecule has 0 saturated carbocycles. The number of hydrogen-bond donors (Lipinski definition) is 2. The first-order valence-corrected chi connectivity index (χ1v) is 9.70. The van der Waals surface area contributed by atoms with Gasteiger partial charge in [0.25, 0.3) is 0 Å². The third-order valence-corrected chi connectivity index (χ3v) is 6.18. The van der Waals surface area contributed by atoms with Crippen molar-refractivity contribution in [2.75, 3.05) is 38.6 Å². The van der Waals surface area contributed by atoms with Crippen molar-refractivity contribution >= 4 is 28.3 Å². The molecule has 2 rings (SSSR count). The molecule has 2 heterocycles. The summed E-state index contributed by atoms with van der Waals surface area (Å²) in [6.07, 6.45) is 2.41. The van der Waals surface area contributed by atoms with Crippen molar-refractivity contribution in [1.82, 2.24) is 14.9 Å². The minimum absolute atomic E-state index is 0. The number of hydrogen-bond acceptors (Lipinski definition) is 5. The molecule has 2 aliphatic rings. The van der Waals surface area contributed by atoms with Crippen LogP contribution in [-0.2, 0) is 19.6 Å². The average Bonchev–Trinajstić information content (AvgIpc) is 2.48. The Hall–Kier alpha value is -0.410. The lowest BCUT2D eigenvalue weighted by Crippen LogP contribution is -2.49. The largest absolute Gasteiger partial charge is 0.378 e. The quantitative estimate of drug-likeness (QED) is 0.693. The highest BCUT2D eigenvalue weighted by Crippen LogP contribution is 2.15. The first kappa shape index (κ1) is 20.6. The van der Waals surface area contributed by atoms with Crippen molar-refractivity contribution < 1.29 is 17.9 Å². The number of sulfonamides is 1. The molecule has 9 heteroatoms. The van der Waals surface area contributed by atoms with Gasteiger partial charge in [0.05, 0.1) is 19.0 Å². The molecule has 23 heavy (non-hydrogen) atoms. The molecule has 2 N–H and O–H groups in total. The fourth-order valence-corrected chi connectivity index (χ4v) is 4.47. The second-order valence-electron chi connectivity index (χ2n) is 5.99. The first-order valence-electron chi connectivity index (χ1n) is 8.09. The lowest BCUT2D eigenvalue weighted by Gasteiger charge is -2.32. The Balaban J connectivity index is 0.00000264. The minimum atomic E-state index is -3.11. The number of halogens is 1. The van der Waals surface area contributed by atoms with Crippen molar-refractivity contribution in [3.63, 3.8) is 0 Å². The third-order valence-electron chi connectivity index (χ3n) is 4.10. The summed E-state index contributed by atoms with van der Waals surface area (Å²) in [5, 5.41) is 6.27. The molecule has 136 valence electrons. The Labute approximate surface area is 145 Å². The molecule has 0 aromatic carbocycles. The SMILES string of the molecule is CCCS(=O)(=O)N1CCC(NC(=O)CC2COCCN2)CC1.Cl. The van der Waals surface area contributed by atoms with E-state index in [1.165, 1.54) is 0 Å². The summed E-state index contributed by atoms with van der Waals surface area (Å²) in [5.74, 6) is 0.218. The second kappa shape index (κ2) is 9.78. The molecule has 7 nitrogen and oxygen atoms in total. The highest BCUT2D eigenvalue weighted by molar-refractivity contribution is 7.89. The van der Waals surface area contributed by atoms with Crippen LogP contribution in [0.5, 0.6) is 0 Å². The van der Waals surface area contributed by atoms with Crippen molar-refractivity contribution in [3.05, 3.63) is 0 Å². The molecule has 0 bridgehead atoms. The van der Waals surface area contributed by atoms with Gasteiger partial charge in [0.15, 0.2) is 0 Å². The molecular weight excluding hydrogens is 342 g/mol. The van der Waals surface area contributed by atoms with E-state index < -0.39 is 10.0 Å². The highest BCUT2D eigenvalue weighted by Gasteiger charge is 2.28. The number of nitrogens with zero attached hydrogens (tertiary/aromatic N) is 1. The van der Waals surface area contributed by atoms with Gasteiger partial charge in [-0.05, 0) is 19.3 Å². The fraction of sp³-hybridized carbons (Fsp3) is 0.929. The molecule has 0 aromatic rings. The summed E-state index contributed by atoms with van der Waals surface area (Å²) in [6, 6.07) is 0.156. The van der Waals surface area contributed by atoms with Gasteiger partial charge in [0, 0.05) is 38.1 Å². The zero-order chi connectivity index (χ0) is 16.0. The van der Waals surface area contributed by atoms with Crippen molar-refractivity contribution in [3.8, 4) is 0 Å². The smallest absolute Gasteiger partial charge is 0.221 e. The van der Waals surface area contributed by atoms with Crippen molar-refractivity contribution in [2.24, 2.45) is 0 Å². The zero-order valence-electron chi connectivity index (χ0n) is 13.6. The molecule has 1 atom stereocenters. The number of nitrogens with one attached hydrogen (secondary N) is 2. The zero-order valence-corrected chi connectivity index (χ0v) is 15.3. The van der Waals surface area contributed by atoms with Crippen LogP contribution >= 0.6 is 12.4 Å². The third kappa shape index (κ3) is 6.54. The number of rotatable bonds is 6. The van der Waals surface area contributed by atoms with Crippen molar-refractivity contribution in [2.45, 2.75) is 44.7 Å². The monoisotopic (exact) mass is 369 g/mol. The number of morpholine rings is 1. The van der Waals surface area contributed by atoms with E-state index >= 15 is 0 Å². The number of carbonyl (C=O) groups excluding carboxylic acids is 1. The highest BCUT2D eigenvalue weighted by atomic mass is 35.5. The van der Waals surface area contributed by atoms with Gasteiger partial charge in [-0.1, -0.05) is 6.92 Å². The van der Waals surface area contributed by atoms with Gasteiger partial charge >= 0.3 is 0 Å². The lowest BCUT2D eigenvalue weighted by atomic mass is 10.1. The van der Waals surface area contributed by atoms with E-state index in [1.54, 1.807) is 4.31 Å². The normalized spacial score (nSPS) is 24.0. The lowest BCUT2D eigenvalue weighted by molar-refractivity contribution is -0.123. The summed E-state index contributed by atoms with van der Waals surface area (Å²) in [4.78, 5) is 12.0. The van der Waals surface area contributed by atoms with Gasteiger partial charge in [-0.3, -0.25) is 4.79 Å². The topological polar surface area (TPSA) is 87.7 Å². The summed E-state index contributed by atoms with van der Waals surface area (Å²) in [7, 11) is -3.11. The molecule has 2 fully saturated rings. The van der Waals surface area contributed by atoms with Crippen LogP contribution in [0.4, 0.5) is 0 Å². The molecule has 0 aliphatic carbocycles. The molecule has 0 aromatic heterocycles. The maximum atomic E-state index is 12.0. The van der Waals surface area contributed by atoms with Crippen LogP contribution in [0.25, 0.3) is 0 Å². The van der Waals surface area contributed by atoms with Gasteiger partial charge in [0.1, 0.15) is 0 Å². The van der Waals surface area contributed by atoms with Crippen molar-refractivity contribution in [1.29, 1.82) is 0 Å². The van der Waals surface area contributed by atoms with Crippen LogP contribution < -0.4 is 10.6 Å². The maximum Gasteiger partial charge on any atom is 0.221 e. The van der Waals surface area contributed by atoms with Gasteiger partial charge in [0.2, 0.25) is 15.9 Å². The van der Waals surface area contributed by atoms with Crippen LogP contribution in [-0.4, -0.2) is 69.3 Å². The van der Waals surface area contributed by atoms with E-state index in [2.05, 4.69) is 10.6 Å². The molecule has 2 saturated heterocycles. The van der Waals surface area contributed by atoms with Crippen LogP contribution in [0, 0.1) is 0 Å². The summed E-state index contributed by atoms with van der Waals surface area (Å²) >= 11 is 0. The second-order valence-corrected chi connectivity index (χ2v) is 8.08. The van der Waals surface area contributed by atoms with E-state index in [1.807, 2.05) is 6.92 Å². The summed E-state index contributed by atoms with van der Waals surface area (Å²) < 4.78 is 30.9. The summed E-state index contributed by atoms with van der Waals surface area (Å²) in [6.45, 7) is 4.92. The van der Waals surface area contributed by atoms with E-state index in [-0.39, 0.29) is 36.2 Å². The van der Waals surface area contributed by atoms with E-state index in [0.717, 1.165) is 6.54 Å². The molecule has 1 amide bonds. The number of amides is 1. The number of carbonyl (C=O) groups is 1. The van der Waals surface area contributed by atoms with Gasteiger partial charge in [-0.25, -0.2) is 12.7 Å². The maximum absolute atomic E-state index is 12.0. The predicted octanol–water partition coefficient (Wildman–Crippen LogP) is 0.107. The number of ether oxygens (including phenoxy) is 1. The van der Waals surface area contributed by atoms with E-state index in [0.29, 0.717) is 52.0 Å². The Morgan fingerprint density at radius 3 is 2.61 bits per heavy atom.